The van der Waals surface area contributed by atoms with Gasteiger partial charge in [-0.2, -0.15) is 0 Å². The lowest BCUT2D eigenvalue weighted by Gasteiger charge is -2.33. The van der Waals surface area contributed by atoms with E-state index in [4.69, 9.17) is 10.5 Å². The van der Waals surface area contributed by atoms with E-state index >= 15 is 0 Å². The van der Waals surface area contributed by atoms with Crippen molar-refractivity contribution in [1.82, 2.24) is 9.88 Å². The first-order valence-electron chi connectivity index (χ1n) is 9.33. The molecule has 1 aromatic carbocycles. The zero-order chi connectivity index (χ0) is 19.7. The molecule has 8 nitrogen and oxygen atoms in total. The maximum Gasteiger partial charge on any atom is 0.335 e. The molecule has 9 heteroatoms. The van der Waals surface area contributed by atoms with E-state index in [0.29, 0.717) is 10.2 Å². The Kier molecular flexibility index (Phi) is 5.36. The highest BCUT2D eigenvalue weighted by molar-refractivity contribution is 9.10. The molecule has 2 aromatic rings. The van der Waals surface area contributed by atoms with Crippen molar-refractivity contribution in [1.29, 1.82) is 0 Å². The molecule has 3 heterocycles. The molecule has 3 N–H and O–H groups in total. The third kappa shape index (κ3) is 3.90. The number of nitrogen functional groups attached to an aromatic ring is 1. The molecule has 0 radical (unpaired) electrons. The second kappa shape index (κ2) is 7.92. The average molecular weight is 448 g/mol. The van der Waals surface area contributed by atoms with Crippen molar-refractivity contribution in [2.75, 3.05) is 30.7 Å². The Balaban J connectivity index is 1.37. The molecule has 1 saturated heterocycles. The maximum absolute atomic E-state index is 11.4. The van der Waals surface area contributed by atoms with E-state index in [1.807, 2.05) is 0 Å². The van der Waals surface area contributed by atoms with Crippen LogP contribution >= 0.6 is 15.9 Å². The SMILES string of the molecule is Nc1ncc(Br)c(NC2CCN(Cc3ccc4c(c3)CCO4)CC2)c1[N+](=O)[O-]. The van der Waals surface area contributed by atoms with Crippen molar-refractivity contribution in [3.63, 3.8) is 0 Å². The number of ether oxygens (including phenoxy) is 1. The van der Waals surface area contributed by atoms with Crippen LogP contribution in [0.25, 0.3) is 0 Å². The van der Waals surface area contributed by atoms with E-state index in [0.717, 1.165) is 51.3 Å². The molecule has 28 heavy (non-hydrogen) atoms. The lowest BCUT2D eigenvalue weighted by molar-refractivity contribution is -0.383. The highest BCUT2D eigenvalue weighted by atomic mass is 79.9. The third-order valence-electron chi connectivity index (χ3n) is 5.31. The van der Waals surface area contributed by atoms with Crippen LogP contribution in [0.2, 0.25) is 0 Å². The molecular weight excluding hydrogens is 426 g/mol. The molecule has 4 rings (SSSR count). The topological polar surface area (TPSA) is 107 Å². The summed E-state index contributed by atoms with van der Waals surface area (Å²) in [6.07, 6.45) is 4.29. The zero-order valence-corrected chi connectivity index (χ0v) is 16.9. The summed E-state index contributed by atoms with van der Waals surface area (Å²) >= 11 is 3.35. The Labute approximate surface area is 171 Å². The number of nitro groups is 1. The van der Waals surface area contributed by atoms with Crippen molar-refractivity contribution in [2.24, 2.45) is 0 Å². The van der Waals surface area contributed by atoms with Gasteiger partial charge in [0.1, 0.15) is 11.4 Å². The molecular formula is C19H22BrN5O3. The van der Waals surface area contributed by atoms with Crippen LogP contribution in [0, 0.1) is 10.1 Å². The van der Waals surface area contributed by atoms with Crippen LogP contribution in [0.15, 0.2) is 28.9 Å². The fourth-order valence-electron chi connectivity index (χ4n) is 3.85. The van der Waals surface area contributed by atoms with Crippen molar-refractivity contribution in [2.45, 2.75) is 31.8 Å². The number of fused-ring (bicyclic) bond motifs is 1. The molecule has 0 spiro atoms. The van der Waals surface area contributed by atoms with Crippen LogP contribution in [0.3, 0.4) is 0 Å². The molecule has 0 amide bonds. The Morgan fingerprint density at radius 2 is 2.18 bits per heavy atom. The van der Waals surface area contributed by atoms with Gasteiger partial charge < -0.3 is 15.8 Å². The number of nitrogens with zero attached hydrogens (tertiary/aromatic N) is 3. The van der Waals surface area contributed by atoms with Gasteiger partial charge in [0.2, 0.25) is 5.82 Å². The number of hydrogen-bond acceptors (Lipinski definition) is 7. The minimum absolute atomic E-state index is 0.0753. The summed E-state index contributed by atoms with van der Waals surface area (Å²) in [6, 6.07) is 6.60. The van der Waals surface area contributed by atoms with Gasteiger partial charge in [0.15, 0.2) is 0 Å². The molecule has 0 aliphatic carbocycles. The monoisotopic (exact) mass is 447 g/mol. The van der Waals surface area contributed by atoms with E-state index in [1.165, 1.54) is 17.3 Å². The molecule has 0 saturated carbocycles. The van der Waals surface area contributed by atoms with Crippen molar-refractivity contribution < 1.29 is 9.66 Å². The molecule has 0 atom stereocenters. The smallest absolute Gasteiger partial charge is 0.335 e. The van der Waals surface area contributed by atoms with Crippen LogP contribution in [0.1, 0.15) is 24.0 Å². The van der Waals surface area contributed by atoms with Crippen molar-refractivity contribution in [3.8, 4) is 5.75 Å². The molecule has 2 aliphatic heterocycles. The van der Waals surface area contributed by atoms with Gasteiger partial charge in [0.05, 0.1) is 16.0 Å². The van der Waals surface area contributed by atoms with Crippen LogP contribution < -0.4 is 15.8 Å². The summed E-state index contributed by atoms with van der Waals surface area (Å²) < 4.78 is 6.12. The standard InChI is InChI=1S/C19H22BrN5O3/c20-15-10-22-19(21)18(25(26)27)17(15)23-14-3-6-24(7-4-14)11-12-1-2-16-13(9-12)5-8-28-16/h1-2,9-10,14H,3-8,11H2,(H3,21,22,23). The molecule has 2 aliphatic rings. The Hall–Kier alpha value is -2.39. The lowest BCUT2D eigenvalue weighted by Crippen LogP contribution is -2.38. The van der Waals surface area contributed by atoms with E-state index in [1.54, 1.807) is 0 Å². The lowest BCUT2D eigenvalue weighted by atomic mass is 10.0. The third-order valence-corrected chi connectivity index (χ3v) is 5.92. The molecule has 0 bridgehead atoms. The van der Waals surface area contributed by atoms with Gasteiger partial charge in [0, 0.05) is 38.3 Å². The number of nitrogens with one attached hydrogen (secondary N) is 1. The van der Waals surface area contributed by atoms with Crippen LogP contribution in [0.4, 0.5) is 17.2 Å². The Morgan fingerprint density at radius 3 is 2.93 bits per heavy atom. The summed E-state index contributed by atoms with van der Waals surface area (Å²) in [5, 5.41) is 14.7. The second-order valence-electron chi connectivity index (χ2n) is 7.21. The largest absolute Gasteiger partial charge is 0.493 e. The van der Waals surface area contributed by atoms with E-state index in [-0.39, 0.29) is 17.5 Å². The maximum atomic E-state index is 11.4. The van der Waals surface area contributed by atoms with Crippen LogP contribution in [0.5, 0.6) is 5.75 Å². The van der Waals surface area contributed by atoms with Gasteiger partial charge in [-0.15, -0.1) is 0 Å². The van der Waals surface area contributed by atoms with Crippen LogP contribution in [-0.4, -0.2) is 40.5 Å². The van der Waals surface area contributed by atoms with E-state index in [2.05, 4.69) is 49.3 Å². The first-order valence-corrected chi connectivity index (χ1v) is 10.1. The molecule has 148 valence electrons. The Morgan fingerprint density at radius 1 is 1.39 bits per heavy atom. The van der Waals surface area contributed by atoms with Gasteiger partial charge in [-0.1, -0.05) is 12.1 Å². The minimum atomic E-state index is -0.484. The number of nitrogens with two attached hydrogens (primary N) is 1. The molecule has 1 aromatic heterocycles. The van der Waals surface area contributed by atoms with E-state index in [9.17, 15) is 10.1 Å². The van der Waals surface area contributed by atoms with Gasteiger partial charge >= 0.3 is 5.69 Å². The fourth-order valence-corrected chi connectivity index (χ4v) is 4.26. The summed E-state index contributed by atoms with van der Waals surface area (Å²) in [5.74, 6) is 0.934. The number of likely N-dealkylation sites (tertiary alicyclic amines) is 1. The summed E-state index contributed by atoms with van der Waals surface area (Å²) in [7, 11) is 0. The number of anilines is 2. The van der Waals surface area contributed by atoms with E-state index < -0.39 is 4.92 Å². The van der Waals surface area contributed by atoms with Crippen molar-refractivity contribution >= 4 is 33.1 Å². The average Bonchev–Trinajstić information content (AvgIpc) is 3.14. The summed E-state index contributed by atoms with van der Waals surface area (Å²) in [4.78, 5) is 17.2. The Bertz CT molecular complexity index is 899. The van der Waals surface area contributed by atoms with Gasteiger partial charge in [-0.25, -0.2) is 4.98 Å². The minimum Gasteiger partial charge on any atom is -0.493 e. The van der Waals surface area contributed by atoms with Gasteiger partial charge in [-0.3, -0.25) is 15.0 Å². The summed E-state index contributed by atoms with van der Waals surface area (Å²) in [6.45, 7) is 3.54. The zero-order valence-electron chi connectivity index (χ0n) is 15.4. The van der Waals surface area contributed by atoms with Gasteiger partial charge in [0.25, 0.3) is 0 Å². The number of pyridine rings is 1. The summed E-state index contributed by atoms with van der Waals surface area (Å²) in [5.41, 5.74) is 8.55. The fraction of sp³-hybridized carbons (Fsp3) is 0.421. The normalized spacial score (nSPS) is 17.2. The highest BCUT2D eigenvalue weighted by Gasteiger charge is 2.27. The van der Waals surface area contributed by atoms with Gasteiger partial charge in [-0.05, 0) is 46.0 Å². The first kappa shape index (κ1) is 18.9. The predicted octanol–water partition coefficient (Wildman–Crippen LogP) is 3.35. The number of halogens is 1. The number of rotatable bonds is 5. The quantitative estimate of drug-likeness (QED) is 0.534. The number of aromatic nitrogens is 1. The van der Waals surface area contributed by atoms with Crippen molar-refractivity contribution in [3.05, 3.63) is 50.1 Å². The first-order chi connectivity index (χ1) is 13.5. The van der Waals surface area contributed by atoms with Crippen LogP contribution in [-0.2, 0) is 13.0 Å². The number of piperidine rings is 1. The number of benzene rings is 1. The predicted molar refractivity (Wildman–Crippen MR) is 111 cm³/mol. The molecule has 0 unspecified atom stereocenters. The number of hydrogen-bond donors (Lipinski definition) is 2. The second-order valence-corrected chi connectivity index (χ2v) is 8.06. The molecule has 1 fully saturated rings. The highest BCUT2D eigenvalue weighted by Crippen LogP contribution is 2.37.